The lowest BCUT2D eigenvalue weighted by Crippen LogP contribution is -2.35. The van der Waals surface area contributed by atoms with E-state index >= 15 is 0 Å². The number of hydrogen-bond donors (Lipinski definition) is 2. The van der Waals surface area contributed by atoms with Crippen LogP contribution in [0, 0.1) is 5.92 Å². The molecular formula is C19H19F3IN3. The van der Waals surface area contributed by atoms with E-state index in [0.717, 1.165) is 18.6 Å². The molecular weight excluding hydrogens is 454 g/mol. The number of nitrogens with one attached hydrogen (secondary N) is 1. The summed E-state index contributed by atoms with van der Waals surface area (Å²) in [6.45, 7) is 0.126. The highest BCUT2D eigenvalue weighted by molar-refractivity contribution is 14.0. The fourth-order valence-electron chi connectivity index (χ4n) is 3.79. The van der Waals surface area contributed by atoms with Gasteiger partial charge in [-0.25, -0.2) is 4.99 Å². The van der Waals surface area contributed by atoms with E-state index in [4.69, 9.17) is 5.73 Å². The van der Waals surface area contributed by atoms with Gasteiger partial charge in [0.05, 0.1) is 12.1 Å². The van der Waals surface area contributed by atoms with Gasteiger partial charge in [0.15, 0.2) is 5.96 Å². The molecule has 3 unspecified atom stereocenters. The van der Waals surface area contributed by atoms with Gasteiger partial charge in [0, 0.05) is 12.0 Å². The summed E-state index contributed by atoms with van der Waals surface area (Å²) < 4.78 is 38.2. The third-order valence-electron chi connectivity index (χ3n) is 5.04. The molecule has 1 saturated carbocycles. The van der Waals surface area contributed by atoms with Crippen LogP contribution in [-0.4, -0.2) is 12.0 Å². The van der Waals surface area contributed by atoms with Crippen molar-refractivity contribution >= 4 is 29.9 Å². The summed E-state index contributed by atoms with van der Waals surface area (Å²) >= 11 is 0. The van der Waals surface area contributed by atoms with Crippen molar-refractivity contribution in [2.75, 3.05) is 0 Å². The number of benzene rings is 2. The van der Waals surface area contributed by atoms with E-state index < -0.39 is 11.7 Å². The second-order valence-corrected chi connectivity index (χ2v) is 6.66. The molecule has 4 rings (SSSR count). The smallest absolute Gasteiger partial charge is 0.370 e. The van der Waals surface area contributed by atoms with Crippen LogP contribution >= 0.6 is 24.0 Å². The molecule has 1 fully saturated rings. The van der Waals surface area contributed by atoms with Crippen LogP contribution in [0.4, 0.5) is 13.2 Å². The van der Waals surface area contributed by atoms with Crippen molar-refractivity contribution in [2.24, 2.45) is 16.6 Å². The van der Waals surface area contributed by atoms with Crippen LogP contribution in [-0.2, 0) is 19.1 Å². The Labute approximate surface area is 166 Å². The second kappa shape index (κ2) is 7.09. The lowest BCUT2D eigenvalue weighted by Gasteiger charge is -2.10. The SMILES string of the molecule is I.NC(=NCc1cccc(C(F)(F)F)c1)NC1C2Cc3ccccc3C21. The average Bonchev–Trinajstić information content (AvgIpc) is 3.09. The zero-order valence-electron chi connectivity index (χ0n) is 13.8. The Bertz CT molecular complexity index is 835. The fraction of sp³-hybridized carbons (Fsp3) is 0.316. The Kier molecular flexibility index (Phi) is 5.18. The molecule has 0 aromatic heterocycles. The van der Waals surface area contributed by atoms with E-state index in [-0.39, 0.29) is 42.5 Å². The molecule has 3 atom stereocenters. The van der Waals surface area contributed by atoms with Gasteiger partial charge in [-0.05, 0) is 41.2 Å². The van der Waals surface area contributed by atoms with Crippen LogP contribution in [0.1, 0.15) is 28.2 Å². The molecule has 3 nitrogen and oxygen atoms in total. The minimum Gasteiger partial charge on any atom is -0.370 e. The molecule has 0 heterocycles. The molecule has 2 aliphatic rings. The van der Waals surface area contributed by atoms with E-state index in [1.165, 1.54) is 17.2 Å². The third kappa shape index (κ3) is 3.67. The maximum absolute atomic E-state index is 12.7. The summed E-state index contributed by atoms with van der Waals surface area (Å²) in [5.74, 6) is 1.30. The molecule has 0 aliphatic heterocycles. The van der Waals surface area contributed by atoms with Crippen molar-refractivity contribution in [1.82, 2.24) is 5.32 Å². The fourth-order valence-corrected chi connectivity index (χ4v) is 3.79. The van der Waals surface area contributed by atoms with Crippen LogP contribution in [0.5, 0.6) is 0 Å². The molecule has 2 aromatic rings. The zero-order chi connectivity index (χ0) is 17.6. The standard InChI is InChI=1S/C19H18F3N3.HI/c20-19(21,22)13-6-3-4-11(8-13)10-24-18(23)25-17-15-9-12-5-1-2-7-14(12)16(15)17;/h1-8,15-17H,9-10H2,(H3,23,24,25);1H. The molecule has 26 heavy (non-hydrogen) atoms. The van der Waals surface area contributed by atoms with E-state index in [9.17, 15) is 13.2 Å². The van der Waals surface area contributed by atoms with Gasteiger partial charge < -0.3 is 11.1 Å². The Hall–Kier alpha value is -1.77. The van der Waals surface area contributed by atoms with E-state index in [2.05, 4.69) is 28.5 Å². The second-order valence-electron chi connectivity index (χ2n) is 6.66. The van der Waals surface area contributed by atoms with Crippen molar-refractivity contribution in [3.05, 3.63) is 70.8 Å². The van der Waals surface area contributed by atoms with E-state index in [1.807, 2.05) is 6.07 Å². The largest absolute Gasteiger partial charge is 0.416 e. The molecule has 0 spiro atoms. The molecule has 0 radical (unpaired) electrons. The molecule has 0 amide bonds. The van der Waals surface area contributed by atoms with Crippen LogP contribution in [0.2, 0.25) is 0 Å². The number of nitrogens with zero attached hydrogens (tertiary/aromatic N) is 1. The molecule has 2 aliphatic carbocycles. The first kappa shape index (κ1) is 19.0. The summed E-state index contributed by atoms with van der Waals surface area (Å²) in [7, 11) is 0. The summed E-state index contributed by atoms with van der Waals surface area (Å²) in [6.07, 6.45) is -3.30. The van der Waals surface area contributed by atoms with E-state index in [0.29, 0.717) is 17.4 Å². The highest BCUT2D eigenvalue weighted by Crippen LogP contribution is 2.56. The van der Waals surface area contributed by atoms with Crippen molar-refractivity contribution < 1.29 is 13.2 Å². The molecule has 138 valence electrons. The molecule has 7 heteroatoms. The van der Waals surface area contributed by atoms with Crippen LogP contribution in [0.25, 0.3) is 0 Å². The number of fused-ring (bicyclic) bond motifs is 3. The van der Waals surface area contributed by atoms with Crippen molar-refractivity contribution in [3.63, 3.8) is 0 Å². The molecule has 3 N–H and O–H groups in total. The Morgan fingerprint density at radius 3 is 2.69 bits per heavy atom. The quantitative estimate of drug-likeness (QED) is 0.402. The number of rotatable bonds is 3. The van der Waals surface area contributed by atoms with Crippen molar-refractivity contribution in [2.45, 2.75) is 31.1 Å². The Balaban J connectivity index is 0.00000196. The highest BCUT2D eigenvalue weighted by Gasteiger charge is 2.55. The van der Waals surface area contributed by atoms with Gasteiger partial charge in [0.25, 0.3) is 0 Å². The summed E-state index contributed by atoms with van der Waals surface area (Å²) in [5, 5.41) is 3.22. The average molecular weight is 473 g/mol. The minimum atomic E-state index is -4.34. The van der Waals surface area contributed by atoms with Gasteiger partial charge in [0.2, 0.25) is 0 Å². The van der Waals surface area contributed by atoms with Gasteiger partial charge in [-0.2, -0.15) is 13.2 Å². The normalized spacial score (nSPS) is 23.7. The minimum absolute atomic E-state index is 0. The summed E-state index contributed by atoms with van der Waals surface area (Å²) in [6, 6.07) is 13.9. The number of halogens is 4. The van der Waals surface area contributed by atoms with Gasteiger partial charge >= 0.3 is 6.18 Å². The topological polar surface area (TPSA) is 50.4 Å². The maximum Gasteiger partial charge on any atom is 0.416 e. The first-order valence-electron chi connectivity index (χ1n) is 8.24. The number of aliphatic imine (C=N–C) groups is 1. The lowest BCUT2D eigenvalue weighted by molar-refractivity contribution is -0.137. The van der Waals surface area contributed by atoms with Crippen LogP contribution < -0.4 is 11.1 Å². The number of nitrogens with two attached hydrogens (primary N) is 1. The predicted octanol–water partition coefficient (Wildman–Crippen LogP) is 4.07. The van der Waals surface area contributed by atoms with Crippen LogP contribution in [0.15, 0.2) is 53.5 Å². The van der Waals surface area contributed by atoms with Crippen LogP contribution in [0.3, 0.4) is 0 Å². The van der Waals surface area contributed by atoms with E-state index in [1.54, 1.807) is 6.07 Å². The number of guanidine groups is 1. The summed E-state index contributed by atoms with van der Waals surface area (Å²) in [4.78, 5) is 4.20. The predicted molar refractivity (Wildman–Crippen MR) is 105 cm³/mol. The van der Waals surface area contributed by atoms with Gasteiger partial charge in [0.1, 0.15) is 0 Å². The van der Waals surface area contributed by atoms with Gasteiger partial charge in [-0.1, -0.05) is 36.4 Å². The zero-order valence-corrected chi connectivity index (χ0v) is 16.2. The highest BCUT2D eigenvalue weighted by atomic mass is 127. The van der Waals surface area contributed by atoms with Gasteiger partial charge in [-0.3, -0.25) is 0 Å². The molecule has 2 aromatic carbocycles. The molecule has 0 saturated heterocycles. The maximum atomic E-state index is 12.7. The van der Waals surface area contributed by atoms with Crippen molar-refractivity contribution in [1.29, 1.82) is 0 Å². The first-order chi connectivity index (χ1) is 11.9. The number of alkyl halides is 3. The number of hydrogen-bond acceptors (Lipinski definition) is 1. The summed E-state index contributed by atoms with van der Waals surface area (Å²) in [5.41, 5.74) is 8.52. The van der Waals surface area contributed by atoms with Crippen molar-refractivity contribution in [3.8, 4) is 0 Å². The van der Waals surface area contributed by atoms with Gasteiger partial charge in [-0.15, -0.1) is 24.0 Å². The molecule has 0 bridgehead atoms. The Morgan fingerprint density at radius 1 is 1.15 bits per heavy atom. The third-order valence-corrected chi connectivity index (χ3v) is 5.04. The lowest BCUT2D eigenvalue weighted by atomic mass is 10.1. The monoisotopic (exact) mass is 473 g/mol. The Morgan fingerprint density at radius 2 is 1.92 bits per heavy atom. The first-order valence-corrected chi connectivity index (χ1v) is 8.24.